The van der Waals surface area contributed by atoms with Crippen LogP contribution in [0.4, 0.5) is 30.7 Å². The molecule has 0 saturated heterocycles. The fraction of sp³-hybridized carbons (Fsp3) is 0.154. The summed E-state index contributed by atoms with van der Waals surface area (Å²) in [4.78, 5) is 0. The van der Waals surface area contributed by atoms with Gasteiger partial charge in [0.05, 0.1) is 0 Å². The summed E-state index contributed by atoms with van der Waals surface area (Å²) < 4.78 is 95.8. The van der Waals surface area contributed by atoms with Crippen molar-refractivity contribution in [2.24, 2.45) is 0 Å². The number of hydrogen-bond acceptors (Lipinski definition) is 0. The Bertz CT molecular complexity index is 1430. The van der Waals surface area contributed by atoms with E-state index in [9.17, 15) is 30.7 Å². The Balaban J connectivity index is 1.83. The molecule has 7 heteroatoms. The van der Waals surface area contributed by atoms with Crippen LogP contribution in [0.5, 0.6) is 0 Å². The Labute approximate surface area is 184 Å². The van der Waals surface area contributed by atoms with Gasteiger partial charge in [-0.3, -0.25) is 0 Å². The maximum atomic E-state index is 14.8. The van der Waals surface area contributed by atoms with Crippen LogP contribution < -0.4 is 10.4 Å². The van der Waals surface area contributed by atoms with Crippen LogP contribution >= 0.6 is 0 Å². The molecule has 33 heavy (non-hydrogen) atoms. The molecule has 0 heterocycles. The molecule has 0 spiro atoms. The lowest BCUT2D eigenvalue weighted by Gasteiger charge is -2.17. The van der Waals surface area contributed by atoms with Gasteiger partial charge in [-0.25, -0.2) is 17.6 Å². The molecule has 0 nitrogen and oxygen atoms in total. The van der Waals surface area contributed by atoms with Crippen LogP contribution in [0, 0.1) is 22.1 Å². The zero-order valence-electron chi connectivity index (χ0n) is 17.3. The highest BCUT2D eigenvalue weighted by Crippen LogP contribution is 2.40. The van der Waals surface area contributed by atoms with Crippen molar-refractivity contribution in [2.75, 3.05) is 0 Å². The summed E-state index contributed by atoms with van der Waals surface area (Å²) in [7, 11) is 0. The van der Waals surface area contributed by atoms with Gasteiger partial charge in [0.15, 0.2) is 0 Å². The molecule has 2 aromatic rings. The van der Waals surface area contributed by atoms with Gasteiger partial charge in [-0.2, -0.15) is 13.2 Å². The second-order valence-corrected chi connectivity index (χ2v) is 7.88. The van der Waals surface area contributed by atoms with Gasteiger partial charge in [0, 0.05) is 11.6 Å². The van der Waals surface area contributed by atoms with Crippen molar-refractivity contribution in [3.8, 4) is 0 Å². The predicted molar refractivity (Wildman–Crippen MR) is 112 cm³/mol. The normalized spacial score (nSPS) is 16.8. The molecule has 170 valence electrons. The van der Waals surface area contributed by atoms with Crippen LogP contribution in [0.2, 0.25) is 0 Å². The molecule has 0 amide bonds. The van der Waals surface area contributed by atoms with Crippen molar-refractivity contribution in [3.63, 3.8) is 0 Å². The summed E-state index contributed by atoms with van der Waals surface area (Å²) in [6, 6.07) is 9.01. The van der Waals surface area contributed by atoms with Crippen molar-refractivity contribution >= 4 is 11.1 Å². The van der Waals surface area contributed by atoms with Gasteiger partial charge in [-0.15, -0.1) is 0 Å². The van der Waals surface area contributed by atoms with Gasteiger partial charge in [0.1, 0.15) is 28.9 Å². The molecule has 4 rings (SSSR count). The Hall–Kier alpha value is -3.35. The van der Waals surface area contributed by atoms with Crippen LogP contribution in [0.15, 0.2) is 83.5 Å². The Morgan fingerprint density at radius 1 is 0.758 bits per heavy atom. The first-order valence-corrected chi connectivity index (χ1v) is 10.0. The number of hydrogen-bond donors (Lipinski definition) is 0. The summed E-state index contributed by atoms with van der Waals surface area (Å²) in [6.07, 6.45) is 0.865. The molecular weight excluding hydrogens is 445 g/mol. The summed E-state index contributed by atoms with van der Waals surface area (Å²) >= 11 is 0. The van der Waals surface area contributed by atoms with Crippen LogP contribution in [0.25, 0.3) is 11.1 Å². The van der Waals surface area contributed by atoms with Gasteiger partial charge < -0.3 is 0 Å². The van der Waals surface area contributed by atoms with Crippen molar-refractivity contribution in [1.29, 1.82) is 0 Å². The molecule has 0 aromatic heterocycles. The summed E-state index contributed by atoms with van der Waals surface area (Å²) in [5.41, 5.74) is -0.341. The molecular formula is C26H17F7. The largest absolute Gasteiger partial charge is 0.421 e. The van der Waals surface area contributed by atoms with E-state index in [0.29, 0.717) is 11.3 Å². The number of allylic oxidation sites excluding steroid dienone is 8. The molecule has 0 N–H and O–H groups in total. The van der Waals surface area contributed by atoms with Gasteiger partial charge in [-0.05, 0) is 58.4 Å². The van der Waals surface area contributed by atoms with E-state index in [4.69, 9.17) is 0 Å². The maximum Gasteiger partial charge on any atom is 0.421 e. The molecule has 2 aromatic carbocycles. The maximum absolute atomic E-state index is 14.8. The smallest absolute Gasteiger partial charge is 0.211 e. The van der Waals surface area contributed by atoms with Crippen molar-refractivity contribution < 1.29 is 30.7 Å². The van der Waals surface area contributed by atoms with Crippen LogP contribution in [-0.2, 0) is 0 Å². The number of halogens is 7. The highest BCUT2D eigenvalue weighted by atomic mass is 19.4. The number of alkyl halides is 3. The van der Waals surface area contributed by atoms with E-state index in [-0.39, 0.29) is 5.22 Å². The standard InChI is InChI=1S/C26H17F7/c1-14-2-4-15(5-3-14)16-6-8-17(9-7-16)18-10-20(27)24(21(28)11-18)19-12-22(29)25(23(30)13-19)26(31,32)33/h2-4,6-12H,5,13H2,1H3. The molecule has 0 bridgehead atoms. The zero-order chi connectivity index (χ0) is 23.9. The lowest BCUT2D eigenvalue weighted by atomic mass is 9.97. The monoisotopic (exact) mass is 462 g/mol. The lowest BCUT2D eigenvalue weighted by Crippen LogP contribution is -2.21. The molecule has 0 atom stereocenters. The summed E-state index contributed by atoms with van der Waals surface area (Å²) in [6.45, 7) is 2.00. The van der Waals surface area contributed by atoms with Gasteiger partial charge in [0.25, 0.3) is 0 Å². The minimum absolute atomic E-state index is 0.188. The SMILES string of the molecule is CC1=CCC(=c2ccc(=c3cc(F)c(=C4C=C(F)C(C(F)(F)F)=C(F)C4)c(F)c3)cc2)C=C1. The molecule has 0 saturated carbocycles. The summed E-state index contributed by atoms with van der Waals surface area (Å²) in [5, 5.41) is 0.897. The van der Waals surface area contributed by atoms with E-state index in [2.05, 4.69) is 6.08 Å². The third kappa shape index (κ3) is 4.58. The second kappa shape index (κ2) is 8.54. The fourth-order valence-corrected chi connectivity index (χ4v) is 3.89. The first-order valence-electron chi connectivity index (χ1n) is 10.0. The minimum Gasteiger partial charge on any atom is -0.211 e. The molecule has 0 fully saturated rings. The van der Waals surface area contributed by atoms with E-state index < -0.39 is 52.3 Å². The Kier molecular flexibility index (Phi) is 5.91. The highest BCUT2D eigenvalue weighted by molar-refractivity contribution is 5.66. The van der Waals surface area contributed by atoms with Crippen LogP contribution in [0.1, 0.15) is 19.8 Å². The van der Waals surface area contributed by atoms with Crippen LogP contribution in [0.3, 0.4) is 0 Å². The van der Waals surface area contributed by atoms with E-state index in [0.717, 1.165) is 34.9 Å². The first-order chi connectivity index (χ1) is 15.5. The van der Waals surface area contributed by atoms with Crippen molar-refractivity contribution in [1.82, 2.24) is 0 Å². The van der Waals surface area contributed by atoms with Crippen LogP contribution in [-0.4, -0.2) is 6.18 Å². The lowest BCUT2D eigenvalue weighted by molar-refractivity contribution is -0.0931. The molecule has 0 radical (unpaired) electrons. The van der Waals surface area contributed by atoms with Gasteiger partial charge in [0.2, 0.25) is 0 Å². The fourth-order valence-electron chi connectivity index (χ4n) is 3.89. The van der Waals surface area contributed by atoms with Gasteiger partial charge >= 0.3 is 6.18 Å². The van der Waals surface area contributed by atoms with E-state index in [1.807, 2.05) is 31.2 Å². The molecule has 0 aliphatic heterocycles. The molecule has 2 aliphatic rings. The van der Waals surface area contributed by atoms with Gasteiger partial charge in [-0.1, -0.05) is 48.1 Å². The summed E-state index contributed by atoms with van der Waals surface area (Å²) in [5.74, 6) is -5.99. The van der Waals surface area contributed by atoms with Crippen molar-refractivity contribution in [2.45, 2.75) is 25.9 Å². The average molecular weight is 462 g/mol. The first kappa shape index (κ1) is 22.8. The topological polar surface area (TPSA) is 0 Å². The van der Waals surface area contributed by atoms with Crippen molar-refractivity contribution in [3.05, 3.63) is 116 Å². The minimum atomic E-state index is -5.25. The third-order valence-electron chi connectivity index (χ3n) is 5.58. The number of benzene rings is 2. The quantitative estimate of drug-likeness (QED) is 0.392. The Morgan fingerprint density at radius 3 is 1.88 bits per heavy atom. The number of rotatable bonds is 0. The Morgan fingerprint density at radius 2 is 1.36 bits per heavy atom. The van der Waals surface area contributed by atoms with E-state index >= 15 is 0 Å². The predicted octanol–water partition coefficient (Wildman–Crippen LogP) is 6.50. The highest BCUT2D eigenvalue weighted by Gasteiger charge is 2.41. The van der Waals surface area contributed by atoms with E-state index in [1.54, 1.807) is 12.1 Å². The molecule has 2 aliphatic carbocycles. The third-order valence-corrected chi connectivity index (χ3v) is 5.58. The zero-order valence-corrected chi connectivity index (χ0v) is 17.3. The van der Waals surface area contributed by atoms with E-state index in [1.165, 1.54) is 0 Å². The molecule has 0 unspecified atom stereocenters. The average Bonchev–Trinajstić information content (AvgIpc) is 2.72. The second-order valence-electron chi connectivity index (χ2n) is 7.88.